The quantitative estimate of drug-likeness (QED) is 0.504. The van der Waals surface area contributed by atoms with Gasteiger partial charge in [-0.1, -0.05) is 47.1 Å². The second kappa shape index (κ2) is 11.4. The summed E-state index contributed by atoms with van der Waals surface area (Å²) in [6.07, 6.45) is 2.42. The number of nitrogens with two attached hydrogens (primary N) is 1. The summed E-state index contributed by atoms with van der Waals surface area (Å²) < 4.78 is 1.11. The standard InChI is InChI=1S/C23H36N4O2S/c1-6-8-21(28)25-18(23(29)27-19(13-24)15(5)7-2)12-22-26-17-10-9-16(14(3)4)11-20(17)30-22/h9-11,14-15,18-19H,6-8,12-13,24H2,1-5H3,(H,25,28)(H,27,29)/t15-,18?,19+/m0/s1. The number of amides is 2. The predicted octanol–water partition coefficient (Wildman–Crippen LogP) is 3.74. The summed E-state index contributed by atoms with van der Waals surface area (Å²) in [5, 5.41) is 6.79. The van der Waals surface area contributed by atoms with Crippen molar-refractivity contribution in [1.29, 1.82) is 0 Å². The van der Waals surface area contributed by atoms with E-state index < -0.39 is 6.04 Å². The SMILES string of the molecule is CCCC(=O)NC(Cc1nc2ccc(C(C)C)cc2s1)C(=O)N[C@H](CN)[C@@H](C)CC. The average Bonchev–Trinajstić information content (AvgIpc) is 3.12. The monoisotopic (exact) mass is 432 g/mol. The van der Waals surface area contributed by atoms with Crippen LogP contribution < -0.4 is 16.4 Å². The molecule has 1 unspecified atom stereocenters. The maximum absolute atomic E-state index is 13.0. The number of rotatable bonds is 11. The lowest BCUT2D eigenvalue weighted by Crippen LogP contribution is -2.53. The molecule has 2 rings (SSSR count). The van der Waals surface area contributed by atoms with Gasteiger partial charge in [0.2, 0.25) is 11.8 Å². The van der Waals surface area contributed by atoms with E-state index >= 15 is 0 Å². The highest BCUT2D eigenvalue weighted by Crippen LogP contribution is 2.27. The second-order valence-corrected chi connectivity index (χ2v) is 9.42. The molecule has 0 radical (unpaired) electrons. The lowest BCUT2D eigenvalue weighted by molar-refractivity contribution is -0.129. The lowest BCUT2D eigenvalue weighted by atomic mass is 9.98. The molecule has 7 heteroatoms. The van der Waals surface area contributed by atoms with E-state index in [1.165, 1.54) is 5.56 Å². The van der Waals surface area contributed by atoms with Crippen LogP contribution in [0.15, 0.2) is 18.2 Å². The predicted molar refractivity (Wildman–Crippen MR) is 125 cm³/mol. The van der Waals surface area contributed by atoms with E-state index in [9.17, 15) is 9.59 Å². The summed E-state index contributed by atoms with van der Waals surface area (Å²) >= 11 is 1.58. The van der Waals surface area contributed by atoms with Gasteiger partial charge in [-0.3, -0.25) is 9.59 Å². The van der Waals surface area contributed by atoms with Gasteiger partial charge in [-0.25, -0.2) is 4.98 Å². The fourth-order valence-corrected chi connectivity index (χ4v) is 4.38. The molecule has 3 atom stereocenters. The molecule has 4 N–H and O–H groups in total. The summed E-state index contributed by atoms with van der Waals surface area (Å²) in [5.41, 5.74) is 8.07. The van der Waals surface area contributed by atoms with Crippen molar-refractivity contribution in [2.24, 2.45) is 11.7 Å². The van der Waals surface area contributed by atoms with Gasteiger partial charge in [0.1, 0.15) is 6.04 Å². The van der Waals surface area contributed by atoms with Gasteiger partial charge in [-0.2, -0.15) is 0 Å². The van der Waals surface area contributed by atoms with Gasteiger partial charge in [-0.15, -0.1) is 11.3 Å². The third-order valence-electron chi connectivity index (χ3n) is 5.54. The molecule has 0 fully saturated rings. The van der Waals surface area contributed by atoms with E-state index in [0.717, 1.165) is 28.1 Å². The fourth-order valence-electron chi connectivity index (χ4n) is 3.31. The molecule has 0 saturated heterocycles. The van der Waals surface area contributed by atoms with E-state index in [4.69, 9.17) is 10.7 Å². The van der Waals surface area contributed by atoms with E-state index in [0.29, 0.717) is 25.3 Å². The normalized spacial score (nSPS) is 14.5. The summed E-state index contributed by atoms with van der Waals surface area (Å²) in [7, 11) is 0. The Kier molecular flexibility index (Phi) is 9.24. The second-order valence-electron chi connectivity index (χ2n) is 8.30. The topological polar surface area (TPSA) is 97.1 Å². The number of benzene rings is 1. The maximum atomic E-state index is 13.0. The Morgan fingerprint density at radius 3 is 2.50 bits per heavy atom. The van der Waals surface area contributed by atoms with Crippen molar-refractivity contribution in [3.05, 3.63) is 28.8 Å². The summed E-state index contributed by atoms with van der Waals surface area (Å²) in [6.45, 7) is 10.8. The van der Waals surface area contributed by atoms with Crippen molar-refractivity contribution in [2.75, 3.05) is 6.54 Å². The highest BCUT2D eigenvalue weighted by atomic mass is 32.1. The van der Waals surface area contributed by atoms with E-state index in [2.05, 4.69) is 50.5 Å². The number of carbonyl (C=O) groups excluding carboxylic acids is 2. The molecule has 166 valence electrons. The zero-order valence-electron chi connectivity index (χ0n) is 18.8. The van der Waals surface area contributed by atoms with Gasteiger partial charge in [-0.05, 0) is 36.0 Å². The highest BCUT2D eigenvalue weighted by molar-refractivity contribution is 7.18. The largest absolute Gasteiger partial charge is 0.350 e. The van der Waals surface area contributed by atoms with Crippen molar-refractivity contribution in [3.8, 4) is 0 Å². The van der Waals surface area contributed by atoms with Crippen molar-refractivity contribution in [1.82, 2.24) is 15.6 Å². The minimum Gasteiger partial charge on any atom is -0.350 e. The Balaban J connectivity index is 2.22. The average molecular weight is 433 g/mol. The zero-order valence-corrected chi connectivity index (χ0v) is 19.6. The Bertz CT molecular complexity index is 849. The molecule has 1 heterocycles. The maximum Gasteiger partial charge on any atom is 0.243 e. The summed E-state index contributed by atoms with van der Waals surface area (Å²) in [6, 6.07) is 5.52. The van der Waals surface area contributed by atoms with Crippen LogP contribution in [0.5, 0.6) is 0 Å². The number of nitrogens with zero attached hydrogens (tertiary/aromatic N) is 1. The van der Waals surface area contributed by atoms with Crippen LogP contribution in [0.3, 0.4) is 0 Å². The Morgan fingerprint density at radius 1 is 1.17 bits per heavy atom. The first-order valence-corrected chi connectivity index (χ1v) is 11.8. The first-order chi connectivity index (χ1) is 14.3. The molecule has 2 amide bonds. The number of fused-ring (bicyclic) bond motifs is 1. The van der Waals surface area contributed by atoms with Crippen molar-refractivity contribution >= 4 is 33.4 Å². The number of nitrogens with one attached hydrogen (secondary N) is 2. The van der Waals surface area contributed by atoms with Crippen LogP contribution in [0.2, 0.25) is 0 Å². The molecule has 0 aliphatic rings. The van der Waals surface area contributed by atoms with Gasteiger partial charge in [0.15, 0.2) is 0 Å². The van der Waals surface area contributed by atoms with Crippen LogP contribution in [0.4, 0.5) is 0 Å². The van der Waals surface area contributed by atoms with Gasteiger partial charge >= 0.3 is 0 Å². The number of thiazole rings is 1. The number of hydrogen-bond acceptors (Lipinski definition) is 5. The molecule has 0 bridgehead atoms. The number of hydrogen-bond donors (Lipinski definition) is 3. The first-order valence-electron chi connectivity index (χ1n) is 11.0. The van der Waals surface area contributed by atoms with Gasteiger partial charge in [0.25, 0.3) is 0 Å². The molecule has 6 nitrogen and oxygen atoms in total. The van der Waals surface area contributed by atoms with Crippen LogP contribution >= 0.6 is 11.3 Å². The Labute approximate surface area is 184 Å². The van der Waals surface area contributed by atoms with E-state index in [1.807, 2.05) is 13.0 Å². The van der Waals surface area contributed by atoms with Crippen molar-refractivity contribution < 1.29 is 9.59 Å². The van der Waals surface area contributed by atoms with Crippen molar-refractivity contribution in [2.45, 2.75) is 78.3 Å². The molecule has 1 aromatic heterocycles. The minimum atomic E-state index is -0.660. The number of aromatic nitrogens is 1. The summed E-state index contributed by atoms with van der Waals surface area (Å²) in [5.74, 6) is 0.398. The molecular formula is C23H36N4O2S. The van der Waals surface area contributed by atoms with Crippen LogP contribution in [0, 0.1) is 5.92 Å². The highest BCUT2D eigenvalue weighted by Gasteiger charge is 2.26. The molecule has 30 heavy (non-hydrogen) atoms. The van der Waals surface area contributed by atoms with Gasteiger partial charge in [0, 0.05) is 25.4 Å². The van der Waals surface area contributed by atoms with Crippen LogP contribution in [-0.2, 0) is 16.0 Å². The molecule has 1 aromatic carbocycles. The van der Waals surface area contributed by atoms with Crippen molar-refractivity contribution in [3.63, 3.8) is 0 Å². The molecule has 2 aromatic rings. The molecule has 0 aliphatic carbocycles. The van der Waals surface area contributed by atoms with Crippen LogP contribution in [0.1, 0.15) is 70.4 Å². The minimum absolute atomic E-state index is 0.114. The van der Waals surface area contributed by atoms with Crippen LogP contribution in [-0.4, -0.2) is 35.4 Å². The Hall–Kier alpha value is -1.99. The Morgan fingerprint density at radius 2 is 1.90 bits per heavy atom. The third kappa shape index (κ3) is 6.51. The zero-order chi connectivity index (χ0) is 22.3. The third-order valence-corrected chi connectivity index (χ3v) is 6.58. The lowest BCUT2D eigenvalue weighted by Gasteiger charge is -2.26. The van der Waals surface area contributed by atoms with E-state index in [-0.39, 0.29) is 23.8 Å². The first kappa shape index (κ1) is 24.3. The van der Waals surface area contributed by atoms with Gasteiger partial charge in [0.05, 0.1) is 15.2 Å². The molecule has 0 aliphatic heterocycles. The molecular weight excluding hydrogens is 396 g/mol. The van der Waals surface area contributed by atoms with E-state index in [1.54, 1.807) is 11.3 Å². The summed E-state index contributed by atoms with van der Waals surface area (Å²) in [4.78, 5) is 30.0. The molecule has 0 saturated carbocycles. The van der Waals surface area contributed by atoms with Crippen LogP contribution in [0.25, 0.3) is 10.2 Å². The smallest absolute Gasteiger partial charge is 0.243 e. The fraction of sp³-hybridized carbons (Fsp3) is 0.609. The van der Waals surface area contributed by atoms with Gasteiger partial charge < -0.3 is 16.4 Å². The number of carbonyl (C=O) groups is 2. The molecule has 0 spiro atoms.